The highest BCUT2D eigenvalue weighted by Crippen LogP contribution is 2.24. The third-order valence-electron chi connectivity index (χ3n) is 2.86. The Kier molecular flexibility index (Phi) is 5.56. The van der Waals surface area contributed by atoms with Gasteiger partial charge in [0.1, 0.15) is 12.4 Å². The number of benzene rings is 1. The quantitative estimate of drug-likeness (QED) is 0.835. The Hall–Kier alpha value is -1.56. The molecule has 1 aromatic rings. The maximum atomic E-state index is 11.6. The van der Waals surface area contributed by atoms with E-state index in [1.54, 1.807) is 13.8 Å². The number of carboxylic acid groups (broad SMARTS) is 1. The van der Waals surface area contributed by atoms with Gasteiger partial charge in [0.15, 0.2) is 9.84 Å². The number of rotatable bonds is 7. The van der Waals surface area contributed by atoms with Crippen LogP contribution in [0.1, 0.15) is 34.8 Å². The van der Waals surface area contributed by atoms with Crippen molar-refractivity contribution in [2.45, 2.75) is 27.2 Å². The van der Waals surface area contributed by atoms with Crippen molar-refractivity contribution in [3.63, 3.8) is 0 Å². The molecule has 0 bridgehead atoms. The van der Waals surface area contributed by atoms with E-state index in [2.05, 4.69) is 0 Å². The lowest BCUT2D eigenvalue weighted by molar-refractivity contribution is 0.0696. The molecule has 1 rings (SSSR count). The first-order valence-electron chi connectivity index (χ1n) is 6.44. The predicted octanol–water partition coefficient (Wildman–Crippen LogP) is 2.21. The van der Waals surface area contributed by atoms with E-state index in [9.17, 15) is 13.2 Å². The zero-order chi connectivity index (χ0) is 15.3. The van der Waals surface area contributed by atoms with Crippen LogP contribution < -0.4 is 4.74 Å². The summed E-state index contributed by atoms with van der Waals surface area (Å²) in [6, 6.07) is 3.04. The molecule has 0 fully saturated rings. The lowest BCUT2D eigenvalue weighted by Crippen LogP contribution is -2.17. The molecule has 0 amide bonds. The second-order valence-electron chi connectivity index (χ2n) is 4.74. The minimum atomic E-state index is -3.07. The molecule has 0 aromatic heterocycles. The average molecular weight is 300 g/mol. The Bertz CT molecular complexity index is 567. The van der Waals surface area contributed by atoms with Gasteiger partial charge in [-0.05, 0) is 43.5 Å². The van der Waals surface area contributed by atoms with Gasteiger partial charge in [-0.3, -0.25) is 0 Å². The maximum Gasteiger partial charge on any atom is 0.335 e. The Labute approximate surface area is 119 Å². The molecule has 1 N–H and O–H groups in total. The van der Waals surface area contributed by atoms with Gasteiger partial charge in [0.25, 0.3) is 0 Å². The van der Waals surface area contributed by atoms with Crippen LogP contribution in [0, 0.1) is 13.8 Å². The van der Waals surface area contributed by atoms with Gasteiger partial charge < -0.3 is 9.84 Å². The van der Waals surface area contributed by atoms with Gasteiger partial charge in [-0.1, -0.05) is 6.92 Å². The van der Waals surface area contributed by atoms with E-state index in [4.69, 9.17) is 9.84 Å². The minimum absolute atomic E-state index is 0.0274. The summed E-state index contributed by atoms with van der Waals surface area (Å²) in [6.45, 7) is 5.39. The van der Waals surface area contributed by atoms with Crippen molar-refractivity contribution >= 4 is 15.8 Å². The average Bonchev–Trinajstić information content (AvgIpc) is 2.32. The summed E-state index contributed by atoms with van der Waals surface area (Å²) in [5, 5.41) is 8.95. The fourth-order valence-electron chi connectivity index (χ4n) is 1.99. The Morgan fingerprint density at radius 3 is 2.20 bits per heavy atom. The van der Waals surface area contributed by atoms with E-state index >= 15 is 0 Å². The van der Waals surface area contributed by atoms with Gasteiger partial charge in [0, 0.05) is 0 Å². The van der Waals surface area contributed by atoms with Crippen LogP contribution in [0.15, 0.2) is 12.1 Å². The first-order valence-corrected chi connectivity index (χ1v) is 8.26. The van der Waals surface area contributed by atoms with Crippen LogP contribution in [0.5, 0.6) is 5.75 Å². The third kappa shape index (κ3) is 4.52. The van der Waals surface area contributed by atoms with Gasteiger partial charge >= 0.3 is 5.97 Å². The Morgan fingerprint density at radius 2 is 1.75 bits per heavy atom. The van der Waals surface area contributed by atoms with E-state index in [1.807, 2.05) is 6.92 Å². The van der Waals surface area contributed by atoms with Crippen LogP contribution in [-0.4, -0.2) is 37.6 Å². The van der Waals surface area contributed by atoms with Crippen LogP contribution in [-0.2, 0) is 9.84 Å². The van der Waals surface area contributed by atoms with Gasteiger partial charge in [0.05, 0.1) is 17.1 Å². The molecule has 0 saturated carbocycles. The second-order valence-corrected chi connectivity index (χ2v) is 7.05. The summed E-state index contributed by atoms with van der Waals surface area (Å²) in [7, 11) is -3.07. The number of hydrogen-bond acceptors (Lipinski definition) is 4. The Balaban J connectivity index is 2.77. The van der Waals surface area contributed by atoms with Crippen molar-refractivity contribution in [3.05, 3.63) is 28.8 Å². The summed E-state index contributed by atoms with van der Waals surface area (Å²) in [5.41, 5.74) is 1.58. The zero-order valence-electron chi connectivity index (χ0n) is 12.0. The van der Waals surface area contributed by atoms with Crippen molar-refractivity contribution in [1.82, 2.24) is 0 Å². The lowest BCUT2D eigenvalue weighted by Gasteiger charge is -2.13. The van der Waals surface area contributed by atoms with E-state index < -0.39 is 15.8 Å². The van der Waals surface area contributed by atoms with E-state index in [-0.39, 0.29) is 23.7 Å². The summed E-state index contributed by atoms with van der Waals surface area (Å²) in [5.74, 6) is -0.304. The molecule has 0 aliphatic rings. The maximum absolute atomic E-state index is 11.6. The fraction of sp³-hybridized carbons (Fsp3) is 0.500. The van der Waals surface area contributed by atoms with Crippen molar-refractivity contribution in [1.29, 1.82) is 0 Å². The highest BCUT2D eigenvalue weighted by molar-refractivity contribution is 7.91. The van der Waals surface area contributed by atoms with Crippen LogP contribution >= 0.6 is 0 Å². The summed E-state index contributed by atoms with van der Waals surface area (Å²) >= 11 is 0. The fourth-order valence-corrected chi connectivity index (χ4v) is 3.15. The van der Waals surface area contributed by atoms with Crippen LogP contribution in [0.2, 0.25) is 0 Å². The Morgan fingerprint density at radius 1 is 1.20 bits per heavy atom. The van der Waals surface area contributed by atoms with Gasteiger partial charge in [-0.15, -0.1) is 0 Å². The smallest absolute Gasteiger partial charge is 0.335 e. The van der Waals surface area contributed by atoms with Crippen LogP contribution in [0.25, 0.3) is 0 Å². The highest BCUT2D eigenvalue weighted by Gasteiger charge is 2.13. The van der Waals surface area contributed by atoms with Gasteiger partial charge in [0.2, 0.25) is 0 Å². The number of carboxylic acids is 1. The van der Waals surface area contributed by atoms with Crippen molar-refractivity contribution in [2.75, 3.05) is 18.1 Å². The van der Waals surface area contributed by atoms with Crippen molar-refractivity contribution in [3.8, 4) is 5.75 Å². The number of ether oxygens (including phenoxy) is 1. The summed E-state index contributed by atoms with van der Waals surface area (Å²) < 4.78 is 28.7. The highest BCUT2D eigenvalue weighted by atomic mass is 32.2. The molecule has 6 heteroatoms. The molecule has 0 heterocycles. The van der Waals surface area contributed by atoms with E-state index in [0.717, 1.165) is 0 Å². The normalized spacial score (nSPS) is 11.3. The SMILES string of the molecule is CCCS(=O)(=O)CCOc1c(C)cc(C(=O)O)cc1C. The standard InChI is InChI=1S/C14H20O5S/c1-4-6-20(17,18)7-5-19-13-10(2)8-12(14(15)16)9-11(13)3/h8-9H,4-7H2,1-3H3,(H,15,16). The molecule has 0 aliphatic carbocycles. The van der Waals surface area contributed by atoms with E-state index in [1.165, 1.54) is 12.1 Å². The van der Waals surface area contributed by atoms with E-state index in [0.29, 0.717) is 23.3 Å². The number of sulfone groups is 1. The summed E-state index contributed by atoms with van der Waals surface area (Å²) in [6.07, 6.45) is 0.591. The molecule has 0 aliphatic heterocycles. The molecular formula is C14H20O5S. The summed E-state index contributed by atoms with van der Waals surface area (Å²) in [4.78, 5) is 10.9. The molecule has 0 unspecified atom stereocenters. The predicted molar refractivity (Wildman–Crippen MR) is 77.3 cm³/mol. The largest absolute Gasteiger partial charge is 0.492 e. The number of aromatic carboxylic acids is 1. The van der Waals surface area contributed by atoms with Gasteiger partial charge in [-0.25, -0.2) is 13.2 Å². The van der Waals surface area contributed by atoms with Crippen molar-refractivity contribution in [2.24, 2.45) is 0 Å². The first-order chi connectivity index (χ1) is 9.26. The minimum Gasteiger partial charge on any atom is -0.492 e. The second kappa shape index (κ2) is 6.74. The number of carbonyl (C=O) groups is 1. The topological polar surface area (TPSA) is 80.7 Å². The third-order valence-corrected chi connectivity index (χ3v) is 4.68. The first kappa shape index (κ1) is 16.5. The monoisotopic (exact) mass is 300 g/mol. The van der Waals surface area contributed by atoms with Crippen LogP contribution in [0.4, 0.5) is 0 Å². The van der Waals surface area contributed by atoms with Crippen molar-refractivity contribution < 1.29 is 23.1 Å². The number of aryl methyl sites for hydroxylation is 2. The molecule has 0 saturated heterocycles. The lowest BCUT2D eigenvalue weighted by atomic mass is 10.1. The molecule has 5 nitrogen and oxygen atoms in total. The van der Waals surface area contributed by atoms with Gasteiger partial charge in [-0.2, -0.15) is 0 Å². The zero-order valence-corrected chi connectivity index (χ0v) is 12.8. The van der Waals surface area contributed by atoms with Crippen LogP contribution in [0.3, 0.4) is 0 Å². The molecule has 0 spiro atoms. The molecule has 0 atom stereocenters. The molecule has 0 radical (unpaired) electrons. The number of hydrogen-bond donors (Lipinski definition) is 1. The molecular weight excluding hydrogens is 280 g/mol. The molecule has 112 valence electrons. The molecule has 20 heavy (non-hydrogen) atoms. The molecule has 1 aromatic carbocycles.